The quantitative estimate of drug-likeness (QED) is 0.791. The lowest BCUT2D eigenvalue weighted by Crippen LogP contribution is -2.58. The van der Waals surface area contributed by atoms with E-state index >= 15 is 0 Å². The highest BCUT2D eigenvalue weighted by atomic mass is 19.1. The lowest BCUT2D eigenvalue weighted by atomic mass is 10.0. The highest BCUT2D eigenvalue weighted by Crippen LogP contribution is 2.24. The highest BCUT2D eigenvalue weighted by molar-refractivity contribution is 5.16. The van der Waals surface area contributed by atoms with Crippen molar-refractivity contribution in [2.24, 2.45) is 0 Å². The summed E-state index contributed by atoms with van der Waals surface area (Å²) < 4.78 is 25.0. The maximum atomic E-state index is 13.0. The van der Waals surface area contributed by atoms with Gasteiger partial charge in [-0.25, -0.2) is 4.39 Å². The van der Waals surface area contributed by atoms with E-state index in [2.05, 4.69) is 16.4 Å². The van der Waals surface area contributed by atoms with Gasteiger partial charge in [-0.1, -0.05) is 18.2 Å². The fourth-order valence-corrected chi connectivity index (χ4v) is 3.41. The van der Waals surface area contributed by atoms with Gasteiger partial charge in [0.15, 0.2) is 0 Å². The number of nitrogens with zero attached hydrogens (tertiary/aromatic N) is 2. The maximum Gasteiger partial charge on any atom is 0.123 e. The van der Waals surface area contributed by atoms with Gasteiger partial charge in [-0.15, -0.1) is 6.58 Å². The molecule has 2 fully saturated rings. The molecule has 0 aromatic heterocycles. The molecule has 0 N–H and O–H groups in total. The number of halogens is 1. The standard InChI is InChI=1S/C18H25FN2O2/c1-2-7-20-8-10-22-15-18(13-20)14-21(9-11-23-18)12-16-3-5-17(19)6-4-16/h2-6H,1,7-15H2. The minimum atomic E-state index is -0.280. The summed E-state index contributed by atoms with van der Waals surface area (Å²) in [6.45, 7) is 11.1. The van der Waals surface area contributed by atoms with Crippen molar-refractivity contribution in [2.75, 3.05) is 52.5 Å². The first-order valence-corrected chi connectivity index (χ1v) is 8.21. The lowest BCUT2D eigenvalue weighted by Gasteiger charge is -2.43. The Kier molecular flexibility index (Phi) is 5.43. The van der Waals surface area contributed by atoms with Crippen LogP contribution in [0.4, 0.5) is 4.39 Å². The summed E-state index contributed by atoms with van der Waals surface area (Å²) in [7, 11) is 0. The summed E-state index contributed by atoms with van der Waals surface area (Å²) in [6, 6.07) is 6.74. The number of rotatable bonds is 4. The van der Waals surface area contributed by atoms with Gasteiger partial charge in [-0.05, 0) is 17.7 Å². The first kappa shape index (κ1) is 16.6. The Morgan fingerprint density at radius 1 is 1.13 bits per heavy atom. The molecule has 1 aromatic rings. The highest BCUT2D eigenvalue weighted by Gasteiger charge is 2.39. The van der Waals surface area contributed by atoms with E-state index in [0.29, 0.717) is 13.2 Å². The molecule has 5 heteroatoms. The molecule has 1 unspecified atom stereocenters. The number of hydrogen-bond acceptors (Lipinski definition) is 4. The maximum absolute atomic E-state index is 13.0. The third-order valence-corrected chi connectivity index (χ3v) is 4.46. The van der Waals surface area contributed by atoms with Crippen molar-refractivity contribution >= 4 is 0 Å². The van der Waals surface area contributed by atoms with Crippen molar-refractivity contribution in [3.63, 3.8) is 0 Å². The predicted octanol–water partition coefficient (Wildman–Crippen LogP) is 1.91. The predicted molar refractivity (Wildman–Crippen MR) is 87.8 cm³/mol. The van der Waals surface area contributed by atoms with Gasteiger partial charge in [0.2, 0.25) is 0 Å². The third-order valence-electron chi connectivity index (χ3n) is 4.46. The van der Waals surface area contributed by atoms with Crippen LogP contribution in [0.25, 0.3) is 0 Å². The third kappa shape index (κ3) is 4.38. The lowest BCUT2D eigenvalue weighted by molar-refractivity contribution is -0.142. The second-order valence-electron chi connectivity index (χ2n) is 6.44. The van der Waals surface area contributed by atoms with E-state index in [-0.39, 0.29) is 11.4 Å². The molecule has 0 saturated carbocycles. The number of ether oxygens (including phenoxy) is 2. The van der Waals surface area contributed by atoms with Gasteiger partial charge >= 0.3 is 0 Å². The van der Waals surface area contributed by atoms with E-state index in [0.717, 1.165) is 51.4 Å². The van der Waals surface area contributed by atoms with Crippen LogP contribution in [-0.2, 0) is 16.0 Å². The van der Waals surface area contributed by atoms with Crippen molar-refractivity contribution < 1.29 is 13.9 Å². The molecule has 0 bridgehead atoms. The van der Waals surface area contributed by atoms with Crippen LogP contribution in [0.15, 0.2) is 36.9 Å². The van der Waals surface area contributed by atoms with E-state index in [1.54, 1.807) is 0 Å². The molecule has 0 radical (unpaired) electrons. The molecule has 4 nitrogen and oxygen atoms in total. The molecule has 2 aliphatic rings. The Bertz CT molecular complexity index is 522. The first-order chi connectivity index (χ1) is 11.2. The first-order valence-electron chi connectivity index (χ1n) is 8.21. The molecule has 126 valence electrons. The van der Waals surface area contributed by atoms with E-state index in [4.69, 9.17) is 9.47 Å². The molecular weight excluding hydrogens is 295 g/mol. The minimum Gasteiger partial charge on any atom is -0.377 e. The fourth-order valence-electron chi connectivity index (χ4n) is 3.41. The van der Waals surface area contributed by atoms with Crippen LogP contribution in [0.5, 0.6) is 0 Å². The van der Waals surface area contributed by atoms with E-state index in [9.17, 15) is 4.39 Å². The van der Waals surface area contributed by atoms with Crippen LogP contribution in [0.2, 0.25) is 0 Å². The molecule has 0 amide bonds. The van der Waals surface area contributed by atoms with Crippen LogP contribution in [0, 0.1) is 5.82 Å². The normalized spacial score (nSPS) is 27.0. The zero-order chi connectivity index (χ0) is 16.1. The monoisotopic (exact) mass is 320 g/mol. The molecule has 23 heavy (non-hydrogen) atoms. The zero-order valence-corrected chi connectivity index (χ0v) is 13.5. The van der Waals surface area contributed by atoms with Crippen LogP contribution in [0.3, 0.4) is 0 Å². The molecular formula is C18H25FN2O2. The number of benzene rings is 1. The van der Waals surface area contributed by atoms with Crippen LogP contribution in [0.1, 0.15) is 5.56 Å². The van der Waals surface area contributed by atoms with Crippen molar-refractivity contribution in [3.05, 3.63) is 48.3 Å². The zero-order valence-electron chi connectivity index (χ0n) is 13.5. The van der Waals surface area contributed by atoms with Gasteiger partial charge in [-0.3, -0.25) is 9.80 Å². The van der Waals surface area contributed by atoms with Crippen molar-refractivity contribution in [1.29, 1.82) is 0 Å². The fraction of sp³-hybridized carbons (Fsp3) is 0.556. The van der Waals surface area contributed by atoms with Gasteiger partial charge in [0, 0.05) is 39.3 Å². The van der Waals surface area contributed by atoms with Crippen LogP contribution in [-0.4, -0.2) is 67.9 Å². The second-order valence-corrected chi connectivity index (χ2v) is 6.44. The van der Waals surface area contributed by atoms with E-state index < -0.39 is 0 Å². The Morgan fingerprint density at radius 2 is 1.87 bits per heavy atom. The Hall–Kier alpha value is -1.27. The summed E-state index contributed by atoms with van der Waals surface area (Å²) in [5, 5.41) is 0. The minimum absolute atomic E-state index is 0.190. The molecule has 0 aliphatic carbocycles. The summed E-state index contributed by atoms with van der Waals surface area (Å²) in [4.78, 5) is 4.71. The van der Waals surface area contributed by atoms with Crippen molar-refractivity contribution in [3.8, 4) is 0 Å². The molecule has 2 heterocycles. The Morgan fingerprint density at radius 3 is 2.65 bits per heavy atom. The average molecular weight is 320 g/mol. The van der Waals surface area contributed by atoms with Gasteiger partial charge < -0.3 is 9.47 Å². The second kappa shape index (κ2) is 7.53. The topological polar surface area (TPSA) is 24.9 Å². The molecule has 1 aromatic carbocycles. The van der Waals surface area contributed by atoms with E-state index in [1.807, 2.05) is 18.2 Å². The van der Waals surface area contributed by atoms with E-state index in [1.165, 1.54) is 12.1 Å². The summed E-state index contributed by atoms with van der Waals surface area (Å²) in [5.41, 5.74) is 0.846. The van der Waals surface area contributed by atoms with Gasteiger partial charge in [0.1, 0.15) is 11.4 Å². The summed E-state index contributed by atoms with van der Waals surface area (Å²) >= 11 is 0. The summed E-state index contributed by atoms with van der Waals surface area (Å²) in [5.74, 6) is -0.190. The van der Waals surface area contributed by atoms with Crippen LogP contribution >= 0.6 is 0 Å². The molecule has 2 aliphatic heterocycles. The molecule has 2 saturated heterocycles. The van der Waals surface area contributed by atoms with Gasteiger partial charge in [-0.2, -0.15) is 0 Å². The Balaban J connectivity index is 1.66. The number of hydrogen-bond donors (Lipinski definition) is 0. The summed E-state index contributed by atoms with van der Waals surface area (Å²) in [6.07, 6.45) is 1.93. The van der Waals surface area contributed by atoms with Gasteiger partial charge in [0.05, 0.1) is 19.8 Å². The molecule has 1 atom stereocenters. The van der Waals surface area contributed by atoms with Crippen molar-refractivity contribution in [2.45, 2.75) is 12.1 Å². The van der Waals surface area contributed by atoms with Crippen molar-refractivity contribution in [1.82, 2.24) is 9.80 Å². The van der Waals surface area contributed by atoms with Gasteiger partial charge in [0.25, 0.3) is 0 Å². The smallest absolute Gasteiger partial charge is 0.123 e. The SMILES string of the molecule is C=CCN1CCOCC2(C1)CN(Cc1ccc(F)cc1)CCO2. The number of morpholine rings is 1. The molecule has 1 spiro atoms. The average Bonchev–Trinajstić information content (AvgIpc) is 2.72. The van der Waals surface area contributed by atoms with Crippen LogP contribution < -0.4 is 0 Å². The largest absolute Gasteiger partial charge is 0.377 e. The molecule has 3 rings (SSSR count). The Labute approximate surface area is 137 Å².